The Morgan fingerprint density at radius 3 is 1.07 bits per heavy atom. The number of hydrogen-bond acceptors (Lipinski definition) is 2. The molecule has 0 aromatic carbocycles. The molecular weight excluding hydrogens is 180 g/mol. The van der Waals surface area contributed by atoms with Crippen LogP contribution < -0.4 is 0 Å². The van der Waals surface area contributed by atoms with Gasteiger partial charge in [-0.2, -0.15) is 0 Å². The Bertz CT molecular complexity index is 241. The Hall–Kier alpha value is -1.06. The average molecular weight is 198 g/mol. The van der Waals surface area contributed by atoms with Crippen molar-refractivity contribution in [1.29, 1.82) is 0 Å². The third-order valence-electron chi connectivity index (χ3n) is 2.11. The fourth-order valence-electron chi connectivity index (χ4n) is 1.47. The van der Waals surface area contributed by atoms with Crippen LogP contribution in [0.2, 0.25) is 0 Å². The first kappa shape index (κ1) is 11.0. The maximum absolute atomic E-state index is 11.7. The molecule has 14 heavy (non-hydrogen) atoms. The van der Waals surface area contributed by atoms with Crippen LogP contribution in [0.3, 0.4) is 0 Å². The summed E-state index contributed by atoms with van der Waals surface area (Å²) in [5.41, 5.74) is -0.841. The largest absolute Gasteiger partial charge is 0.337 e. The molecule has 0 unspecified atom stereocenters. The van der Waals surface area contributed by atoms with Crippen molar-refractivity contribution in [3.05, 3.63) is 0 Å². The van der Waals surface area contributed by atoms with E-state index in [9.17, 15) is 9.59 Å². The molecule has 0 bridgehead atoms. The minimum atomic E-state index is -0.421. The van der Waals surface area contributed by atoms with E-state index >= 15 is 0 Å². The van der Waals surface area contributed by atoms with Gasteiger partial charge in [0.2, 0.25) is 0 Å². The highest BCUT2D eigenvalue weighted by Gasteiger charge is 2.53. The fourth-order valence-corrected chi connectivity index (χ4v) is 1.47. The maximum Gasteiger partial charge on any atom is 0.337 e. The van der Waals surface area contributed by atoms with Gasteiger partial charge in [0.05, 0.1) is 0 Å². The van der Waals surface area contributed by atoms with E-state index < -0.39 is 11.1 Å². The molecule has 80 valence electrons. The number of carbonyl (C=O) groups excluding carboxylic acids is 2. The molecule has 4 heteroatoms. The molecule has 1 aliphatic rings. The Labute approximate surface area is 84.9 Å². The fraction of sp³-hybridized carbons (Fsp3) is 0.800. The Morgan fingerprint density at radius 1 is 0.714 bits per heavy atom. The molecule has 1 heterocycles. The van der Waals surface area contributed by atoms with Gasteiger partial charge in [0.25, 0.3) is 0 Å². The molecular formula is C10H18N2O2. The van der Waals surface area contributed by atoms with Crippen LogP contribution in [0.25, 0.3) is 0 Å². The van der Waals surface area contributed by atoms with E-state index in [1.54, 1.807) is 0 Å². The van der Waals surface area contributed by atoms with Crippen molar-refractivity contribution in [1.82, 2.24) is 9.80 Å². The lowest BCUT2D eigenvalue weighted by Crippen LogP contribution is -2.73. The van der Waals surface area contributed by atoms with Gasteiger partial charge in [0.15, 0.2) is 0 Å². The van der Waals surface area contributed by atoms with E-state index in [1.165, 1.54) is 9.80 Å². The van der Waals surface area contributed by atoms with E-state index in [-0.39, 0.29) is 12.1 Å². The summed E-state index contributed by atoms with van der Waals surface area (Å²) in [4.78, 5) is 26.0. The van der Waals surface area contributed by atoms with Crippen LogP contribution in [0, 0.1) is 0 Å². The van der Waals surface area contributed by atoms with Crippen molar-refractivity contribution < 1.29 is 9.59 Å². The minimum Gasteiger partial charge on any atom is -0.247 e. The molecule has 0 N–H and O–H groups in total. The predicted octanol–water partition coefficient (Wildman–Crippen LogP) is 2.44. The number of amides is 4. The summed E-state index contributed by atoms with van der Waals surface area (Å²) < 4.78 is 0. The Morgan fingerprint density at radius 2 is 0.929 bits per heavy atom. The summed E-state index contributed by atoms with van der Waals surface area (Å²) in [7, 11) is 0. The van der Waals surface area contributed by atoms with Crippen molar-refractivity contribution in [2.75, 3.05) is 0 Å². The highest BCUT2D eigenvalue weighted by molar-refractivity contribution is 6.12. The van der Waals surface area contributed by atoms with E-state index in [0.717, 1.165) is 0 Å². The van der Waals surface area contributed by atoms with Crippen LogP contribution in [-0.4, -0.2) is 32.9 Å². The molecule has 0 atom stereocenters. The predicted molar refractivity (Wildman–Crippen MR) is 54.0 cm³/mol. The summed E-state index contributed by atoms with van der Waals surface area (Å²) in [6.07, 6.45) is 0. The van der Waals surface area contributed by atoms with Gasteiger partial charge in [0.1, 0.15) is 0 Å². The van der Waals surface area contributed by atoms with Crippen LogP contribution in [0.5, 0.6) is 0 Å². The van der Waals surface area contributed by atoms with E-state index in [0.29, 0.717) is 0 Å². The van der Waals surface area contributed by atoms with Gasteiger partial charge in [-0.25, -0.2) is 19.4 Å². The normalized spacial score (nSPS) is 18.7. The van der Waals surface area contributed by atoms with Gasteiger partial charge >= 0.3 is 12.1 Å². The lowest BCUT2D eigenvalue weighted by atomic mass is 10.0. The quantitative estimate of drug-likeness (QED) is 0.599. The standard InChI is InChI=1S/C10H18N2O2/c1-9(2,3)11-7(13)12(8(11)14)10(4,5)6/h1-6H3. The monoisotopic (exact) mass is 198 g/mol. The van der Waals surface area contributed by atoms with Gasteiger partial charge in [-0.15, -0.1) is 0 Å². The van der Waals surface area contributed by atoms with Gasteiger partial charge < -0.3 is 0 Å². The molecule has 0 aromatic heterocycles. The van der Waals surface area contributed by atoms with Crippen LogP contribution in [0.1, 0.15) is 41.5 Å². The average Bonchev–Trinajstić information content (AvgIpc) is 1.78. The molecule has 1 rings (SSSR count). The third-order valence-corrected chi connectivity index (χ3v) is 2.11. The number of nitrogens with zero attached hydrogens (tertiary/aromatic N) is 2. The van der Waals surface area contributed by atoms with Crippen molar-refractivity contribution in [3.63, 3.8) is 0 Å². The van der Waals surface area contributed by atoms with Gasteiger partial charge in [-0.3, -0.25) is 0 Å². The van der Waals surface area contributed by atoms with Crippen LogP contribution >= 0.6 is 0 Å². The van der Waals surface area contributed by atoms with Crippen LogP contribution in [0.15, 0.2) is 0 Å². The number of hydrogen-bond donors (Lipinski definition) is 0. The molecule has 0 saturated carbocycles. The molecule has 0 aromatic rings. The zero-order valence-corrected chi connectivity index (χ0v) is 9.71. The molecule has 1 fully saturated rings. The molecule has 0 spiro atoms. The maximum atomic E-state index is 11.7. The van der Waals surface area contributed by atoms with Crippen molar-refractivity contribution >= 4 is 12.1 Å². The molecule has 0 aliphatic carbocycles. The first-order valence-electron chi connectivity index (χ1n) is 4.75. The molecule has 1 saturated heterocycles. The molecule has 0 radical (unpaired) electrons. The number of carbonyl (C=O) groups is 2. The first-order chi connectivity index (χ1) is 6.07. The van der Waals surface area contributed by atoms with Crippen molar-refractivity contribution in [2.24, 2.45) is 0 Å². The Balaban J connectivity index is 2.88. The van der Waals surface area contributed by atoms with Crippen LogP contribution in [0.4, 0.5) is 9.59 Å². The lowest BCUT2D eigenvalue weighted by Gasteiger charge is -2.51. The van der Waals surface area contributed by atoms with Crippen LogP contribution in [-0.2, 0) is 0 Å². The highest BCUT2D eigenvalue weighted by atomic mass is 16.2. The second-order valence-electron chi connectivity index (χ2n) is 5.58. The third kappa shape index (κ3) is 1.49. The number of urea groups is 2. The molecule has 4 amide bonds. The van der Waals surface area contributed by atoms with Gasteiger partial charge in [-0.05, 0) is 41.5 Å². The van der Waals surface area contributed by atoms with Crippen molar-refractivity contribution in [2.45, 2.75) is 52.6 Å². The zero-order valence-electron chi connectivity index (χ0n) is 9.71. The summed E-state index contributed by atoms with van der Waals surface area (Å²) >= 11 is 0. The number of rotatable bonds is 0. The van der Waals surface area contributed by atoms with E-state index in [2.05, 4.69) is 0 Å². The second-order valence-corrected chi connectivity index (χ2v) is 5.58. The topological polar surface area (TPSA) is 40.6 Å². The summed E-state index contributed by atoms with van der Waals surface area (Å²) in [5.74, 6) is 0. The minimum absolute atomic E-state index is 0.199. The molecule has 1 aliphatic heterocycles. The summed E-state index contributed by atoms with van der Waals surface area (Å²) in [5, 5.41) is 0. The Kier molecular flexibility index (Phi) is 2.14. The summed E-state index contributed by atoms with van der Waals surface area (Å²) in [6.45, 7) is 11.1. The SMILES string of the molecule is CC(C)(C)N1C(=O)N(C(C)(C)C)C1=O. The lowest BCUT2D eigenvalue weighted by molar-refractivity contribution is 0.0391. The smallest absolute Gasteiger partial charge is 0.247 e. The molecule has 4 nitrogen and oxygen atoms in total. The van der Waals surface area contributed by atoms with Gasteiger partial charge in [0, 0.05) is 11.1 Å². The first-order valence-corrected chi connectivity index (χ1v) is 4.75. The number of imide groups is 2. The van der Waals surface area contributed by atoms with Crippen molar-refractivity contribution in [3.8, 4) is 0 Å². The second kappa shape index (κ2) is 2.72. The van der Waals surface area contributed by atoms with E-state index in [1.807, 2.05) is 41.5 Å². The highest BCUT2D eigenvalue weighted by Crippen LogP contribution is 2.31. The van der Waals surface area contributed by atoms with E-state index in [4.69, 9.17) is 0 Å². The van der Waals surface area contributed by atoms with Gasteiger partial charge in [-0.1, -0.05) is 0 Å². The zero-order chi connectivity index (χ0) is 11.3. The summed E-state index contributed by atoms with van der Waals surface area (Å²) in [6, 6.07) is -0.398.